The number of rotatable bonds is 16. The molecule has 0 aromatic heterocycles. The Morgan fingerprint density at radius 3 is 2.19 bits per heavy atom. The van der Waals surface area contributed by atoms with Crippen LogP contribution < -0.4 is 4.90 Å². The van der Waals surface area contributed by atoms with Crippen LogP contribution in [0, 0.1) is 0 Å². The lowest BCUT2D eigenvalue weighted by Crippen LogP contribution is -2.28. The summed E-state index contributed by atoms with van der Waals surface area (Å²) in [5.74, 6) is -1.36. The van der Waals surface area contributed by atoms with Crippen LogP contribution in [0.15, 0.2) is 92.4 Å². The van der Waals surface area contributed by atoms with Gasteiger partial charge in [-0.05, 0) is 112 Å². The molecule has 13 nitrogen and oxygen atoms in total. The van der Waals surface area contributed by atoms with Gasteiger partial charge in [0, 0.05) is 64.7 Å². The monoisotopic (exact) mass is 863 g/mol. The normalized spacial score (nSPS) is 19.6. The third-order valence-corrected chi connectivity index (χ3v) is 13.9. The number of benzene rings is 2. The number of fused-ring (bicyclic) bond motifs is 2. The maximum Gasteiger partial charge on any atom is 0.303 e. The first-order valence-electron chi connectivity index (χ1n) is 18.7. The first-order valence-corrected chi connectivity index (χ1v) is 23.5. The van der Waals surface area contributed by atoms with E-state index in [0.29, 0.717) is 73.5 Å². The molecule has 0 spiro atoms. The molecule has 2 N–H and O–H groups in total. The van der Waals surface area contributed by atoms with Crippen molar-refractivity contribution in [3.05, 3.63) is 93.7 Å². The number of hydrogen-bond donors (Lipinski definition) is 2. The minimum atomic E-state index is -4.70. The van der Waals surface area contributed by atoms with E-state index in [-0.39, 0.29) is 22.6 Å². The first kappa shape index (κ1) is 44.5. The Labute approximate surface area is 340 Å². The Kier molecular flexibility index (Phi) is 13.2. The van der Waals surface area contributed by atoms with Crippen molar-refractivity contribution in [1.82, 2.24) is 0 Å². The minimum absolute atomic E-state index is 0.0643. The van der Waals surface area contributed by atoms with Crippen LogP contribution in [-0.2, 0) is 46.0 Å². The number of hydrogen-bond acceptors (Lipinski definition) is 10. The van der Waals surface area contributed by atoms with Gasteiger partial charge in [0.15, 0.2) is 5.71 Å². The summed E-state index contributed by atoms with van der Waals surface area (Å²) in [4.78, 5) is 12.5. The Morgan fingerprint density at radius 1 is 0.860 bits per heavy atom. The lowest BCUT2D eigenvalue weighted by molar-refractivity contribution is -0.438. The molecule has 0 radical (unpaired) electrons. The van der Waals surface area contributed by atoms with Gasteiger partial charge in [0.2, 0.25) is 5.69 Å². The van der Waals surface area contributed by atoms with Crippen LogP contribution in [0.2, 0.25) is 0 Å². The van der Waals surface area contributed by atoms with Crippen molar-refractivity contribution >= 4 is 65.0 Å². The second-order valence-electron chi connectivity index (χ2n) is 15.7. The van der Waals surface area contributed by atoms with Crippen molar-refractivity contribution in [2.24, 2.45) is 0 Å². The number of unbranched alkanes of at least 4 members (excludes halogenated alkanes) is 3. The summed E-state index contributed by atoms with van der Waals surface area (Å²) < 4.78 is 106. The summed E-state index contributed by atoms with van der Waals surface area (Å²) in [6.07, 6.45) is 12.3. The Hall–Kier alpha value is -3.64. The van der Waals surface area contributed by atoms with Crippen molar-refractivity contribution in [2.45, 2.75) is 106 Å². The SMILES string of the molecule is CC1(C)C(/C=C/C2=C(Cl)C(=C\C=C3\N(CCCCS(=O)(=O)[O-])c4ccc(S(=O)(=O)O)cc4C3(C)C)/CCC2)=[N+](CCCCCC(=O)O)c2ccc(S(=O)(=O)[O-])cc21. The van der Waals surface area contributed by atoms with Gasteiger partial charge in [-0.25, -0.2) is 16.8 Å². The van der Waals surface area contributed by atoms with Gasteiger partial charge < -0.3 is 19.1 Å². The second kappa shape index (κ2) is 16.9. The fourth-order valence-electron chi connectivity index (χ4n) is 7.95. The summed E-state index contributed by atoms with van der Waals surface area (Å²) in [5, 5.41) is 9.63. The number of carboxylic acids is 1. The molecule has 0 bridgehead atoms. The lowest BCUT2D eigenvalue weighted by atomic mass is 9.81. The first-order chi connectivity index (χ1) is 26.4. The molecule has 2 aromatic carbocycles. The van der Waals surface area contributed by atoms with E-state index in [4.69, 9.17) is 16.7 Å². The van der Waals surface area contributed by atoms with Crippen molar-refractivity contribution in [2.75, 3.05) is 23.7 Å². The fraction of sp³-hybridized carbons (Fsp3) is 0.450. The summed E-state index contributed by atoms with van der Waals surface area (Å²) >= 11 is 7.11. The van der Waals surface area contributed by atoms with E-state index in [2.05, 4.69) is 4.58 Å². The van der Waals surface area contributed by atoms with Gasteiger partial charge in [0.05, 0.1) is 25.3 Å². The van der Waals surface area contributed by atoms with E-state index >= 15 is 0 Å². The largest absolute Gasteiger partial charge is 0.748 e. The average molecular weight is 864 g/mol. The van der Waals surface area contributed by atoms with Gasteiger partial charge in [0.25, 0.3) is 10.1 Å². The molecule has 0 saturated carbocycles. The molecule has 2 aliphatic heterocycles. The molecule has 0 fully saturated rings. The van der Waals surface area contributed by atoms with E-state index in [1.54, 1.807) is 12.1 Å². The maximum absolute atomic E-state index is 12.1. The molecule has 2 aromatic rings. The highest BCUT2D eigenvalue weighted by molar-refractivity contribution is 7.86. The Morgan fingerprint density at radius 2 is 1.54 bits per heavy atom. The van der Waals surface area contributed by atoms with E-state index in [9.17, 15) is 43.7 Å². The predicted molar refractivity (Wildman–Crippen MR) is 216 cm³/mol. The number of nitrogens with zero attached hydrogens (tertiary/aromatic N) is 2. The summed E-state index contributed by atoms with van der Waals surface area (Å²) in [5.41, 5.74) is 4.74. The maximum atomic E-state index is 12.1. The van der Waals surface area contributed by atoms with E-state index in [1.807, 2.05) is 56.9 Å². The van der Waals surface area contributed by atoms with Gasteiger partial charge in [-0.2, -0.15) is 13.0 Å². The van der Waals surface area contributed by atoms with Crippen molar-refractivity contribution < 1.29 is 53.4 Å². The van der Waals surface area contributed by atoms with Crippen LogP contribution in [0.25, 0.3) is 0 Å². The summed E-state index contributed by atoms with van der Waals surface area (Å²) in [6, 6.07) is 8.73. The van der Waals surface area contributed by atoms with Crippen LogP contribution in [0.5, 0.6) is 0 Å². The summed E-state index contributed by atoms with van der Waals surface area (Å²) in [6.45, 7) is 8.64. The molecule has 310 valence electrons. The minimum Gasteiger partial charge on any atom is -0.748 e. The zero-order chi connectivity index (χ0) is 42.1. The van der Waals surface area contributed by atoms with Crippen molar-refractivity contribution in [3.63, 3.8) is 0 Å². The van der Waals surface area contributed by atoms with Crippen molar-refractivity contribution in [3.8, 4) is 0 Å². The molecule has 5 rings (SSSR count). The standard InChI is InChI=1S/C40H49ClN2O11S3/c1-39(2)31-25-29(56(49,50)51)16-18-33(31)42(22-7-5-6-13-37(44)45)35(39)20-14-27-11-10-12-28(38(27)41)15-21-36-40(3,4)32-26-30(57(52,53)54)17-19-34(32)43(36)23-8-9-24-55(46,47)48/h14-21,25-26H,5-13,22-24H2,1-4H3,(H3-,44,45,46,47,48,49,50,51,52,53,54)/p-1. The van der Waals surface area contributed by atoms with Gasteiger partial charge in [0.1, 0.15) is 16.7 Å². The van der Waals surface area contributed by atoms with E-state index < -0.39 is 52.9 Å². The smallest absolute Gasteiger partial charge is 0.303 e. The average Bonchev–Trinajstić information content (AvgIpc) is 3.45. The quantitative estimate of drug-likeness (QED) is 0.0990. The number of allylic oxidation sites excluding steroid dienone is 8. The lowest BCUT2D eigenvalue weighted by Gasteiger charge is -2.27. The number of halogens is 1. The number of anilines is 1. The molecule has 0 amide bonds. The number of aliphatic carboxylic acids is 1. The highest BCUT2D eigenvalue weighted by Crippen LogP contribution is 2.49. The zero-order valence-electron chi connectivity index (χ0n) is 32.3. The summed E-state index contributed by atoms with van der Waals surface area (Å²) in [7, 11) is -13.6. The van der Waals surface area contributed by atoms with Gasteiger partial charge >= 0.3 is 5.97 Å². The topological polar surface area (TPSA) is 212 Å². The van der Waals surface area contributed by atoms with Crippen LogP contribution in [-0.4, -0.2) is 79.1 Å². The molecule has 0 saturated heterocycles. The Bertz CT molecular complexity index is 2450. The van der Waals surface area contributed by atoms with E-state index in [0.717, 1.165) is 34.7 Å². The highest BCUT2D eigenvalue weighted by Gasteiger charge is 2.45. The predicted octanol–water partition coefficient (Wildman–Crippen LogP) is 7.03. The van der Waals surface area contributed by atoms with Crippen LogP contribution in [0.1, 0.15) is 96.6 Å². The third-order valence-electron chi connectivity index (χ3n) is 11.0. The van der Waals surface area contributed by atoms with Gasteiger partial charge in [-0.3, -0.25) is 9.35 Å². The highest BCUT2D eigenvalue weighted by atomic mass is 35.5. The van der Waals surface area contributed by atoms with Crippen LogP contribution in [0.4, 0.5) is 11.4 Å². The number of carboxylic acid groups (broad SMARTS) is 1. The fourth-order valence-corrected chi connectivity index (χ4v) is 9.82. The van der Waals surface area contributed by atoms with Crippen LogP contribution >= 0.6 is 11.6 Å². The molecule has 1 aliphatic carbocycles. The van der Waals surface area contributed by atoms with Gasteiger partial charge in [-0.15, -0.1) is 0 Å². The third kappa shape index (κ3) is 10.2. The molecule has 3 aliphatic rings. The van der Waals surface area contributed by atoms with Gasteiger partial charge in [-0.1, -0.05) is 37.6 Å². The molecule has 2 heterocycles. The molecular weight excluding hydrogens is 816 g/mol. The molecular formula is C40H48ClN2O11S3-. The molecule has 0 unspecified atom stereocenters. The van der Waals surface area contributed by atoms with E-state index in [1.165, 1.54) is 24.3 Å². The molecule has 57 heavy (non-hydrogen) atoms. The van der Waals surface area contributed by atoms with Crippen molar-refractivity contribution in [1.29, 1.82) is 0 Å². The Balaban J connectivity index is 1.50. The molecule has 0 atom stereocenters. The zero-order valence-corrected chi connectivity index (χ0v) is 35.5. The number of carbonyl (C=O) groups is 1. The molecule has 17 heteroatoms. The van der Waals surface area contributed by atoms with Crippen LogP contribution in [0.3, 0.4) is 0 Å². The second-order valence-corrected chi connectivity index (χ2v) is 20.4.